The molecule has 1 nitrogen and oxygen atoms in total. The molecule has 0 aliphatic carbocycles. The molecule has 0 saturated carbocycles. The molecule has 1 unspecified atom stereocenters. The summed E-state index contributed by atoms with van der Waals surface area (Å²) in [5.74, 6) is 0.760. The van der Waals surface area contributed by atoms with Gasteiger partial charge in [-0.2, -0.15) is 0 Å². The predicted molar refractivity (Wildman–Crippen MR) is 96.3 cm³/mol. The summed E-state index contributed by atoms with van der Waals surface area (Å²) < 4.78 is 0. The zero-order valence-corrected chi connectivity index (χ0v) is 15.3. The standard InChI is InChI=1S/C19H38ClN/c1-3-4-5-6-7-8-9-10-11-12-15-21-16-13-19(14-17-21)18(2)20/h18-19H,3-17H2,1-2H3. The van der Waals surface area contributed by atoms with E-state index in [4.69, 9.17) is 11.6 Å². The van der Waals surface area contributed by atoms with Gasteiger partial charge < -0.3 is 4.90 Å². The summed E-state index contributed by atoms with van der Waals surface area (Å²) in [6, 6.07) is 0. The van der Waals surface area contributed by atoms with Crippen LogP contribution in [-0.4, -0.2) is 29.9 Å². The number of halogens is 1. The molecule has 0 spiro atoms. The minimum Gasteiger partial charge on any atom is -0.303 e. The molecule has 21 heavy (non-hydrogen) atoms. The molecule has 1 heterocycles. The second-order valence-corrected chi connectivity index (χ2v) is 7.73. The van der Waals surface area contributed by atoms with Crippen molar-refractivity contribution in [2.75, 3.05) is 19.6 Å². The van der Waals surface area contributed by atoms with Crippen LogP contribution in [0.2, 0.25) is 0 Å². The fourth-order valence-electron chi connectivity index (χ4n) is 3.46. The molecule has 2 heteroatoms. The molecule has 1 atom stereocenters. The molecule has 126 valence electrons. The smallest absolute Gasteiger partial charge is 0.0337 e. The van der Waals surface area contributed by atoms with Gasteiger partial charge in [0.25, 0.3) is 0 Å². The third-order valence-electron chi connectivity index (χ3n) is 5.11. The van der Waals surface area contributed by atoms with Gasteiger partial charge in [0.15, 0.2) is 0 Å². The van der Waals surface area contributed by atoms with E-state index in [1.807, 2.05) is 0 Å². The molecule has 0 aromatic carbocycles. The van der Waals surface area contributed by atoms with Crippen molar-refractivity contribution in [2.24, 2.45) is 5.92 Å². The van der Waals surface area contributed by atoms with Crippen LogP contribution in [-0.2, 0) is 0 Å². The van der Waals surface area contributed by atoms with Gasteiger partial charge in [-0.05, 0) is 51.7 Å². The van der Waals surface area contributed by atoms with Crippen molar-refractivity contribution in [3.05, 3.63) is 0 Å². The highest BCUT2D eigenvalue weighted by molar-refractivity contribution is 6.20. The van der Waals surface area contributed by atoms with E-state index in [1.54, 1.807) is 0 Å². The van der Waals surface area contributed by atoms with Gasteiger partial charge in [0, 0.05) is 5.38 Å². The predicted octanol–water partition coefficient (Wildman–Crippen LogP) is 6.25. The number of rotatable bonds is 12. The number of hydrogen-bond acceptors (Lipinski definition) is 1. The lowest BCUT2D eigenvalue weighted by atomic mass is 9.94. The molecule has 0 bridgehead atoms. The maximum absolute atomic E-state index is 6.20. The molecule has 1 fully saturated rings. The van der Waals surface area contributed by atoms with Crippen LogP contribution in [0.4, 0.5) is 0 Å². The Morgan fingerprint density at radius 1 is 0.857 bits per heavy atom. The van der Waals surface area contributed by atoms with Crippen LogP contribution in [0.15, 0.2) is 0 Å². The van der Waals surface area contributed by atoms with Crippen LogP contribution in [0, 0.1) is 5.92 Å². The van der Waals surface area contributed by atoms with Crippen LogP contribution in [0.5, 0.6) is 0 Å². The van der Waals surface area contributed by atoms with E-state index in [-0.39, 0.29) is 0 Å². The Hall–Kier alpha value is 0.250. The average molecular weight is 316 g/mol. The number of unbranched alkanes of at least 4 members (excludes halogenated alkanes) is 9. The monoisotopic (exact) mass is 315 g/mol. The third-order valence-corrected chi connectivity index (χ3v) is 5.47. The van der Waals surface area contributed by atoms with E-state index in [2.05, 4.69) is 18.7 Å². The van der Waals surface area contributed by atoms with Crippen LogP contribution < -0.4 is 0 Å². The van der Waals surface area contributed by atoms with E-state index in [1.165, 1.54) is 96.7 Å². The fourth-order valence-corrected chi connectivity index (χ4v) is 3.71. The van der Waals surface area contributed by atoms with Gasteiger partial charge >= 0.3 is 0 Å². The summed E-state index contributed by atoms with van der Waals surface area (Å²) in [5, 5.41) is 0.365. The first-order valence-corrected chi connectivity index (χ1v) is 10.0. The Balaban J connectivity index is 1.83. The number of hydrogen-bond donors (Lipinski definition) is 0. The first kappa shape index (κ1) is 19.3. The summed E-state index contributed by atoms with van der Waals surface area (Å²) in [7, 11) is 0. The van der Waals surface area contributed by atoms with E-state index < -0.39 is 0 Å². The summed E-state index contributed by atoms with van der Waals surface area (Å²) in [4.78, 5) is 2.65. The molecule has 1 saturated heterocycles. The summed E-state index contributed by atoms with van der Waals surface area (Å²) >= 11 is 6.20. The molecule has 0 amide bonds. The van der Waals surface area contributed by atoms with Crippen molar-refractivity contribution in [1.29, 1.82) is 0 Å². The Morgan fingerprint density at radius 2 is 1.33 bits per heavy atom. The number of piperidine rings is 1. The zero-order chi connectivity index (χ0) is 15.3. The largest absolute Gasteiger partial charge is 0.303 e. The minimum absolute atomic E-state index is 0.365. The summed E-state index contributed by atoms with van der Waals surface area (Å²) in [6.07, 6.45) is 17.0. The van der Waals surface area contributed by atoms with Crippen LogP contribution in [0.25, 0.3) is 0 Å². The first-order chi connectivity index (χ1) is 10.2. The molecular weight excluding hydrogens is 278 g/mol. The molecule has 0 aromatic heterocycles. The summed E-state index contributed by atoms with van der Waals surface area (Å²) in [6.45, 7) is 8.32. The maximum atomic E-state index is 6.20. The SMILES string of the molecule is CCCCCCCCCCCCN1CCC(C(C)Cl)CC1. The van der Waals surface area contributed by atoms with Gasteiger partial charge in [0.1, 0.15) is 0 Å². The zero-order valence-electron chi connectivity index (χ0n) is 14.6. The van der Waals surface area contributed by atoms with Gasteiger partial charge in [0.2, 0.25) is 0 Å². The Morgan fingerprint density at radius 3 is 1.81 bits per heavy atom. The van der Waals surface area contributed by atoms with Gasteiger partial charge in [-0.1, -0.05) is 64.7 Å². The number of nitrogens with zero attached hydrogens (tertiary/aromatic N) is 1. The van der Waals surface area contributed by atoms with E-state index in [9.17, 15) is 0 Å². The normalized spacial score (nSPS) is 19.0. The quantitative estimate of drug-likeness (QED) is 0.304. The number of likely N-dealkylation sites (tertiary alicyclic amines) is 1. The van der Waals surface area contributed by atoms with Crippen LogP contribution in [0.1, 0.15) is 90.9 Å². The second kappa shape index (κ2) is 12.8. The molecule has 0 N–H and O–H groups in total. The number of alkyl halides is 1. The summed E-state index contributed by atoms with van der Waals surface area (Å²) in [5.41, 5.74) is 0. The molecule has 1 rings (SSSR count). The Labute approximate surface area is 138 Å². The van der Waals surface area contributed by atoms with E-state index >= 15 is 0 Å². The molecule has 0 aromatic rings. The van der Waals surface area contributed by atoms with Crippen molar-refractivity contribution in [3.8, 4) is 0 Å². The maximum Gasteiger partial charge on any atom is 0.0337 e. The van der Waals surface area contributed by atoms with Gasteiger partial charge in [-0.15, -0.1) is 11.6 Å². The van der Waals surface area contributed by atoms with Crippen molar-refractivity contribution in [2.45, 2.75) is 96.3 Å². The Kier molecular flexibility index (Phi) is 11.7. The van der Waals surface area contributed by atoms with Crippen molar-refractivity contribution in [1.82, 2.24) is 4.90 Å². The highest BCUT2D eigenvalue weighted by Crippen LogP contribution is 2.24. The molecule has 1 aliphatic heterocycles. The van der Waals surface area contributed by atoms with Gasteiger partial charge in [-0.25, -0.2) is 0 Å². The van der Waals surface area contributed by atoms with Crippen LogP contribution >= 0.6 is 11.6 Å². The lowest BCUT2D eigenvalue weighted by Crippen LogP contribution is -2.36. The highest BCUT2D eigenvalue weighted by Gasteiger charge is 2.21. The van der Waals surface area contributed by atoms with Gasteiger partial charge in [-0.3, -0.25) is 0 Å². The molecular formula is C19H38ClN. The Bertz CT molecular complexity index is 222. The molecule has 0 radical (unpaired) electrons. The van der Waals surface area contributed by atoms with E-state index in [0.29, 0.717) is 5.38 Å². The van der Waals surface area contributed by atoms with Crippen molar-refractivity contribution < 1.29 is 0 Å². The average Bonchev–Trinajstić information content (AvgIpc) is 2.49. The lowest BCUT2D eigenvalue weighted by molar-refractivity contribution is 0.180. The van der Waals surface area contributed by atoms with Crippen LogP contribution in [0.3, 0.4) is 0 Å². The van der Waals surface area contributed by atoms with Crippen molar-refractivity contribution >= 4 is 11.6 Å². The second-order valence-electron chi connectivity index (χ2n) is 7.04. The highest BCUT2D eigenvalue weighted by atomic mass is 35.5. The lowest BCUT2D eigenvalue weighted by Gasteiger charge is -2.33. The topological polar surface area (TPSA) is 3.24 Å². The third kappa shape index (κ3) is 9.79. The minimum atomic E-state index is 0.365. The van der Waals surface area contributed by atoms with Crippen molar-refractivity contribution in [3.63, 3.8) is 0 Å². The fraction of sp³-hybridized carbons (Fsp3) is 1.00. The first-order valence-electron chi connectivity index (χ1n) is 9.60. The van der Waals surface area contributed by atoms with Gasteiger partial charge in [0.05, 0.1) is 0 Å². The van der Waals surface area contributed by atoms with E-state index in [0.717, 1.165) is 5.92 Å². The molecule has 1 aliphatic rings.